The van der Waals surface area contributed by atoms with Gasteiger partial charge in [0.1, 0.15) is 0 Å². The fourth-order valence-electron chi connectivity index (χ4n) is 1.48. The van der Waals surface area contributed by atoms with Crippen LogP contribution in [0.15, 0.2) is 28.8 Å². The maximum Gasteiger partial charge on any atom is 0.455 e. The van der Waals surface area contributed by atoms with Gasteiger partial charge in [-0.3, -0.25) is 0 Å². The van der Waals surface area contributed by atoms with Crippen LogP contribution in [0.4, 0.5) is 13.2 Å². The molecule has 0 atom stereocenters. The molecule has 0 aliphatic carbocycles. The second-order valence-electron chi connectivity index (χ2n) is 3.66. The van der Waals surface area contributed by atoms with Crippen molar-refractivity contribution in [3.05, 3.63) is 35.7 Å². The van der Waals surface area contributed by atoms with Crippen LogP contribution in [0, 0.1) is 0 Å². The fourth-order valence-corrected chi connectivity index (χ4v) is 1.48. The van der Waals surface area contributed by atoms with E-state index in [1.54, 1.807) is 18.2 Å². The topological polar surface area (TPSA) is 64.9 Å². The lowest BCUT2D eigenvalue weighted by atomic mass is 10.1. The van der Waals surface area contributed by atoms with Crippen molar-refractivity contribution in [3.8, 4) is 11.5 Å². The molecule has 0 saturated heterocycles. The maximum absolute atomic E-state index is 12.3. The van der Waals surface area contributed by atoms with Gasteiger partial charge in [0.25, 0.3) is 11.7 Å². The second-order valence-corrected chi connectivity index (χ2v) is 3.66. The van der Waals surface area contributed by atoms with Gasteiger partial charge in [-0.1, -0.05) is 17.3 Å². The Morgan fingerprint density at radius 1 is 1.28 bits per heavy atom. The van der Waals surface area contributed by atoms with Crippen LogP contribution in [-0.4, -0.2) is 16.7 Å². The van der Waals surface area contributed by atoms with E-state index in [0.29, 0.717) is 18.5 Å². The Morgan fingerprint density at radius 3 is 2.67 bits per heavy atom. The molecule has 7 heteroatoms. The number of aromatic nitrogens is 2. The monoisotopic (exact) mass is 257 g/mol. The summed E-state index contributed by atoms with van der Waals surface area (Å²) in [5.74, 6) is -1.43. The Labute approximate surface area is 101 Å². The lowest BCUT2D eigenvalue weighted by Crippen LogP contribution is -2.07. The first-order valence-corrected chi connectivity index (χ1v) is 5.21. The number of hydrogen-bond acceptors (Lipinski definition) is 4. The van der Waals surface area contributed by atoms with E-state index >= 15 is 0 Å². The predicted molar refractivity (Wildman–Crippen MR) is 57.5 cm³/mol. The van der Waals surface area contributed by atoms with Gasteiger partial charge in [-0.2, -0.15) is 18.2 Å². The highest BCUT2D eigenvalue weighted by Gasteiger charge is 2.37. The third-order valence-electron chi connectivity index (χ3n) is 2.29. The molecule has 96 valence electrons. The smallest absolute Gasteiger partial charge is 0.334 e. The van der Waals surface area contributed by atoms with Crippen LogP contribution in [0.25, 0.3) is 11.5 Å². The number of rotatable bonds is 3. The molecule has 2 aromatic rings. The zero-order valence-corrected chi connectivity index (χ0v) is 9.24. The molecule has 1 heterocycles. The van der Waals surface area contributed by atoms with E-state index in [1.165, 1.54) is 0 Å². The van der Waals surface area contributed by atoms with Crippen LogP contribution in [0.3, 0.4) is 0 Å². The SMILES string of the molecule is NCCc1cccc(-c2nc(C(F)(F)F)no2)c1. The third kappa shape index (κ3) is 2.67. The van der Waals surface area contributed by atoms with Gasteiger partial charge in [-0.15, -0.1) is 0 Å². The van der Waals surface area contributed by atoms with Crippen LogP contribution in [0.5, 0.6) is 0 Å². The molecule has 0 saturated carbocycles. The molecule has 0 amide bonds. The van der Waals surface area contributed by atoms with Crippen LogP contribution in [-0.2, 0) is 12.6 Å². The van der Waals surface area contributed by atoms with Gasteiger partial charge < -0.3 is 10.3 Å². The average Bonchev–Trinajstić information content (AvgIpc) is 2.78. The van der Waals surface area contributed by atoms with Crippen molar-refractivity contribution < 1.29 is 17.7 Å². The van der Waals surface area contributed by atoms with Gasteiger partial charge in [0, 0.05) is 5.56 Å². The summed E-state index contributed by atoms with van der Waals surface area (Å²) < 4.78 is 41.5. The minimum atomic E-state index is -4.60. The zero-order valence-electron chi connectivity index (χ0n) is 9.24. The van der Waals surface area contributed by atoms with Gasteiger partial charge in [0.05, 0.1) is 0 Å². The Bertz CT molecular complexity index is 536. The maximum atomic E-state index is 12.3. The molecule has 2 N–H and O–H groups in total. The molecule has 0 radical (unpaired) electrons. The first-order chi connectivity index (χ1) is 8.50. The quantitative estimate of drug-likeness (QED) is 0.915. The number of hydrogen-bond donors (Lipinski definition) is 1. The summed E-state index contributed by atoms with van der Waals surface area (Å²) in [7, 11) is 0. The van der Waals surface area contributed by atoms with E-state index in [9.17, 15) is 13.2 Å². The zero-order chi connectivity index (χ0) is 13.2. The third-order valence-corrected chi connectivity index (χ3v) is 2.29. The highest BCUT2D eigenvalue weighted by molar-refractivity contribution is 5.54. The molecule has 0 aliphatic heterocycles. The molecular weight excluding hydrogens is 247 g/mol. The Kier molecular flexibility index (Phi) is 3.33. The highest BCUT2D eigenvalue weighted by atomic mass is 19.4. The number of nitrogens with zero attached hydrogens (tertiary/aromatic N) is 2. The number of nitrogens with two attached hydrogens (primary N) is 1. The molecule has 1 aromatic carbocycles. The molecule has 2 rings (SSSR count). The van der Waals surface area contributed by atoms with Gasteiger partial charge in [-0.25, -0.2) is 0 Å². The summed E-state index contributed by atoms with van der Waals surface area (Å²) in [5.41, 5.74) is 6.76. The molecule has 0 unspecified atom stereocenters. The molecule has 1 aromatic heterocycles. The standard InChI is InChI=1S/C11H10F3N3O/c12-11(13,14)10-16-9(18-17-10)8-3-1-2-7(6-8)4-5-15/h1-3,6H,4-5,15H2. The number of halogens is 3. The van der Waals surface area contributed by atoms with Gasteiger partial charge in [0.2, 0.25) is 0 Å². The van der Waals surface area contributed by atoms with Crippen molar-refractivity contribution in [2.45, 2.75) is 12.6 Å². The first-order valence-electron chi connectivity index (χ1n) is 5.21. The van der Waals surface area contributed by atoms with Gasteiger partial charge >= 0.3 is 6.18 Å². The van der Waals surface area contributed by atoms with Crippen LogP contribution < -0.4 is 5.73 Å². The summed E-state index contributed by atoms with van der Waals surface area (Å²) in [6.45, 7) is 0.459. The van der Waals surface area contributed by atoms with E-state index in [1.807, 2.05) is 6.07 Å². The first kappa shape index (κ1) is 12.6. The lowest BCUT2D eigenvalue weighted by Gasteiger charge is -2.00. The Balaban J connectivity index is 2.31. The Morgan fingerprint density at radius 2 is 2.06 bits per heavy atom. The minimum Gasteiger partial charge on any atom is -0.334 e. The van der Waals surface area contributed by atoms with Crippen molar-refractivity contribution in [2.75, 3.05) is 6.54 Å². The number of alkyl halides is 3. The molecule has 0 fully saturated rings. The van der Waals surface area contributed by atoms with Crippen LogP contribution >= 0.6 is 0 Å². The normalized spacial score (nSPS) is 11.8. The molecule has 4 nitrogen and oxygen atoms in total. The average molecular weight is 257 g/mol. The van der Waals surface area contributed by atoms with Crippen molar-refractivity contribution in [1.29, 1.82) is 0 Å². The second kappa shape index (κ2) is 4.77. The summed E-state index contributed by atoms with van der Waals surface area (Å²) in [6.07, 6.45) is -3.97. The van der Waals surface area contributed by atoms with E-state index in [-0.39, 0.29) is 5.89 Å². The van der Waals surface area contributed by atoms with Gasteiger partial charge in [0.15, 0.2) is 0 Å². The van der Waals surface area contributed by atoms with Crippen molar-refractivity contribution >= 4 is 0 Å². The summed E-state index contributed by atoms with van der Waals surface area (Å²) in [5, 5.41) is 2.90. The van der Waals surface area contributed by atoms with Crippen LogP contribution in [0.1, 0.15) is 11.4 Å². The van der Waals surface area contributed by atoms with E-state index in [2.05, 4.69) is 14.7 Å². The highest BCUT2D eigenvalue weighted by Crippen LogP contribution is 2.28. The number of benzene rings is 1. The van der Waals surface area contributed by atoms with Crippen LogP contribution in [0.2, 0.25) is 0 Å². The van der Waals surface area contributed by atoms with Gasteiger partial charge in [-0.05, 0) is 30.7 Å². The molecule has 0 spiro atoms. The summed E-state index contributed by atoms with van der Waals surface area (Å²) in [6, 6.07) is 6.82. The summed E-state index contributed by atoms with van der Waals surface area (Å²) >= 11 is 0. The van der Waals surface area contributed by atoms with E-state index < -0.39 is 12.0 Å². The van der Waals surface area contributed by atoms with Crippen molar-refractivity contribution in [1.82, 2.24) is 10.1 Å². The molecule has 0 bridgehead atoms. The van der Waals surface area contributed by atoms with Crippen molar-refractivity contribution in [3.63, 3.8) is 0 Å². The van der Waals surface area contributed by atoms with Crippen molar-refractivity contribution in [2.24, 2.45) is 5.73 Å². The molecular formula is C11H10F3N3O. The molecule has 18 heavy (non-hydrogen) atoms. The lowest BCUT2D eigenvalue weighted by molar-refractivity contribution is -0.146. The van der Waals surface area contributed by atoms with E-state index in [4.69, 9.17) is 5.73 Å². The molecule has 0 aliphatic rings. The largest absolute Gasteiger partial charge is 0.455 e. The predicted octanol–water partition coefficient (Wildman–Crippen LogP) is 2.26. The minimum absolute atomic E-state index is 0.152. The summed E-state index contributed by atoms with van der Waals surface area (Å²) in [4.78, 5) is 3.32. The Hall–Kier alpha value is -1.89. The van der Waals surface area contributed by atoms with E-state index in [0.717, 1.165) is 5.56 Å². The fraction of sp³-hybridized carbons (Fsp3) is 0.273.